The van der Waals surface area contributed by atoms with Gasteiger partial charge in [-0.3, -0.25) is 10.1 Å². The van der Waals surface area contributed by atoms with E-state index in [9.17, 15) is 14.5 Å². The first-order valence-corrected chi connectivity index (χ1v) is 7.21. The van der Waals surface area contributed by atoms with Crippen molar-refractivity contribution in [2.24, 2.45) is 0 Å². The largest absolute Gasteiger partial charge is 0.375 e. The molecule has 0 bridgehead atoms. The zero-order valence-corrected chi connectivity index (χ0v) is 12.2. The SMILES string of the molecule is CCc1ccsc1CNc1cc(Cl)c(F)cc1[N+](=O)[O-]. The lowest BCUT2D eigenvalue weighted by Crippen LogP contribution is -2.03. The molecule has 20 heavy (non-hydrogen) atoms. The summed E-state index contributed by atoms with van der Waals surface area (Å²) < 4.78 is 13.3. The Balaban J connectivity index is 2.25. The third-order valence-corrected chi connectivity index (χ3v) is 4.15. The van der Waals surface area contributed by atoms with Crippen molar-refractivity contribution in [2.45, 2.75) is 19.9 Å². The molecule has 1 aromatic carbocycles. The lowest BCUT2D eigenvalue weighted by Gasteiger charge is -2.08. The first kappa shape index (κ1) is 14.7. The molecule has 0 saturated heterocycles. The first-order chi connectivity index (χ1) is 9.52. The molecule has 0 amide bonds. The molecule has 2 rings (SSSR count). The van der Waals surface area contributed by atoms with E-state index in [0.29, 0.717) is 6.54 Å². The van der Waals surface area contributed by atoms with Crippen LogP contribution in [0.25, 0.3) is 0 Å². The lowest BCUT2D eigenvalue weighted by molar-refractivity contribution is -0.384. The summed E-state index contributed by atoms with van der Waals surface area (Å²) in [7, 11) is 0. The number of thiophene rings is 1. The molecule has 0 unspecified atom stereocenters. The van der Waals surface area contributed by atoms with E-state index >= 15 is 0 Å². The molecule has 0 spiro atoms. The Bertz CT molecular complexity index is 645. The van der Waals surface area contributed by atoms with Gasteiger partial charge >= 0.3 is 0 Å². The lowest BCUT2D eigenvalue weighted by atomic mass is 10.2. The zero-order valence-electron chi connectivity index (χ0n) is 10.7. The number of nitro groups is 1. The Morgan fingerprint density at radius 3 is 2.90 bits per heavy atom. The molecule has 4 nitrogen and oxygen atoms in total. The van der Waals surface area contributed by atoms with Crippen LogP contribution in [0.5, 0.6) is 0 Å². The van der Waals surface area contributed by atoms with E-state index in [1.807, 2.05) is 18.4 Å². The molecule has 0 fully saturated rings. The molecule has 7 heteroatoms. The van der Waals surface area contributed by atoms with Crippen LogP contribution in [0.3, 0.4) is 0 Å². The molecule has 0 saturated carbocycles. The number of anilines is 1. The Hall–Kier alpha value is -1.66. The van der Waals surface area contributed by atoms with Gasteiger partial charge < -0.3 is 5.32 Å². The van der Waals surface area contributed by atoms with E-state index in [1.165, 1.54) is 11.6 Å². The Labute approximate surface area is 124 Å². The van der Waals surface area contributed by atoms with E-state index in [2.05, 4.69) is 5.32 Å². The fourth-order valence-electron chi connectivity index (χ4n) is 1.84. The molecule has 0 atom stereocenters. The van der Waals surface area contributed by atoms with Crippen molar-refractivity contribution in [3.8, 4) is 0 Å². The van der Waals surface area contributed by atoms with Crippen molar-refractivity contribution in [3.05, 3.63) is 55.0 Å². The van der Waals surface area contributed by atoms with Crippen molar-refractivity contribution in [1.29, 1.82) is 0 Å². The molecule has 0 aliphatic rings. The van der Waals surface area contributed by atoms with Crippen LogP contribution < -0.4 is 5.32 Å². The van der Waals surface area contributed by atoms with Gasteiger partial charge in [-0.05, 0) is 29.5 Å². The predicted molar refractivity (Wildman–Crippen MR) is 79.1 cm³/mol. The number of aryl methyl sites for hydroxylation is 1. The number of hydrogen-bond donors (Lipinski definition) is 1. The molecule has 1 N–H and O–H groups in total. The Kier molecular flexibility index (Phi) is 4.57. The number of nitrogens with zero attached hydrogens (tertiary/aromatic N) is 1. The predicted octanol–water partition coefficient (Wildman–Crippen LogP) is 4.62. The summed E-state index contributed by atoms with van der Waals surface area (Å²) in [5, 5.41) is 15.7. The van der Waals surface area contributed by atoms with Crippen molar-refractivity contribution in [2.75, 3.05) is 5.32 Å². The quantitative estimate of drug-likeness (QED) is 0.647. The smallest absolute Gasteiger partial charge is 0.295 e. The highest BCUT2D eigenvalue weighted by molar-refractivity contribution is 7.10. The molecule has 0 aliphatic heterocycles. The Morgan fingerprint density at radius 2 is 2.25 bits per heavy atom. The molecular formula is C13H12ClFN2O2S. The van der Waals surface area contributed by atoms with Crippen LogP contribution in [0, 0.1) is 15.9 Å². The fourth-order valence-corrected chi connectivity index (χ4v) is 2.92. The molecule has 1 aromatic heterocycles. The average Bonchev–Trinajstić information content (AvgIpc) is 2.86. The van der Waals surface area contributed by atoms with Gasteiger partial charge in [-0.15, -0.1) is 11.3 Å². The van der Waals surface area contributed by atoms with Crippen LogP contribution in [0.15, 0.2) is 23.6 Å². The van der Waals surface area contributed by atoms with Crippen LogP contribution >= 0.6 is 22.9 Å². The standard InChI is InChI=1S/C13H12ClFN2O2S/c1-2-8-3-4-20-13(8)7-16-11-5-9(14)10(15)6-12(11)17(18)19/h3-6,16H,2,7H2,1H3. The summed E-state index contributed by atoms with van der Waals surface area (Å²) in [6, 6.07) is 4.10. The summed E-state index contributed by atoms with van der Waals surface area (Å²) >= 11 is 7.25. The van der Waals surface area contributed by atoms with Crippen LogP contribution in [0.2, 0.25) is 5.02 Å². The number of nitrogens with one attached hydrogen (secondary N) is 1. The number of rotatable bonds is 5. The van der Waals surface area contributed by atoms with E-state index in [1.54, 1.807) is 11.3 Å². The van der Waals surface area contributed by atoms with Crippen molar-refractivity contribution < 1.29 is 9.31 Å². The van der Waals surface area contributed by atoms with Gasteiger partial charge in [0.25, 0.3) is 5.69 Å². The van der Waals surface area contributed by atoms with Crippen LogP contribution in [-0.2, 0) is 13.0 Å². The van der Waals surface area contributed by atoms with Gasteiger partial charge in [0.1, 0.15) is 11.5 Å². The summed E-state index contributed by atoms with van der Waals surface area (Å²) in [6.07, 6.45) is 0.896. The van der Waals surface area contributed by atoms with Crippen LogP contribution in [0.4, 0.5) is 15.8 Å². The van der Waals surface area contributed by atoms with E-state index in [-0.39, 0.29) is 16.4 Å². The Morgan fingerprint density at radius 1 is 1.50 bits per heavy atom. The van der Waals surface area contributed by atoms with Crippen molar-refractivity contribution in [1.82, 2.24) is 0 Å². The molecule has 0 radical (unpaired) electrons. The van der Waals surface area contributed by atoms with Crippen LogP contribution in [0.1, 0.15) is 17.4 Å². The number of benzene rings is 1. The average molecular weight is 315 g/mol. The van der Waals surface area contributed by atoms with Crippen molar-refractivity contribution in [3.63, 3.8) is 0 Å². The van der Waals surface area contributed by atoms with Gasteiger partial charge in [-0.2, -0.15) is 0 Å². The van der Waals surface area contributed by atoms with Crippen LogP contribution in [-0.4, -0.2) is 4.92 Å². The maximum atomic E-state index is 13.3. The van der Waals surface area contributed by atoms with Gasteiger partial charge in [0.15, 0.2) is 0 Å². The van der Waals surface area contributed by atoms with Crippen molar-refractivity contribution >= 4 is 34.3 Å². The second-order valence-electron chi connectivity index (χ2n) is 4.12. The monoisotopic (exact) mass is 314 g/mol. The maximum absolute atomic E-state index is 13.3. The van der Waals surface area contributed by atoms with E-state index in [0.717, 1.165) is 17.4 Å². The zero-order chi connectivity index (χ0) is 14.7. The number of nitro benzene ring substituents is 1. The minimum atomic E-state index is -0.797. The van der Waals surface area contributed by atoms with E-state index < -0.39 is 10.7 Å². The maximum Gasteiger partial charge on any atom is 0.295 e. The van der Waals surface area contributed by atoms with Gasteiger partial charge in [0, 0.05) is 11.4 Å². The van der Waals surface area contributed by atoms with Gasteiger partial charge in [-0.1, -0.05) is 18.5 Å². The molecule has 106 valence electrons. The number of hydrogen-bond acceptors (Lipinski definition) is 4. The fraction of sp³-hybridized carbons (Fsp3) is 0.231. The van der Waals surface area contributed by atoms with E-state index in [4.69, 9.17) is 11.6 Å². The third kappa shape index (κ3) is 3.08. The second kappa shape index (κ2) is 6.19. The second-order valence-corrected chi connectivity index (χ2v) is 5.52. The van der Waals surface area contributed by atoms with Gasteiger partial charge in [-0.25, -0.2) is 4.39 Å². The minimum absolute atomic E-state index is 0.139. The highest BCUT2D eigenvalue weighted by Gasteiger charge is 2.18. The number of halogens is 2. The highest BCUT2D eigenvalue weighted by Crippen LogP contribution is 2.31. The summed E-state index contributed by atoms with van der Waals surface area (Å²) in [5.41, 5.74) is 1.09. The minimum Gasteiger partial charge on any atom is -0.375 e. The molecule has 2 aromatic rings. The molecule has 0 aliphatic carbocycles. The molecular weight excluding hydrogens is 303 g/mol. The molecule has 1 heterocycles. The van der Waals surface area contributed by atoms with Gasteiger partial charge in [0.05, 0.1) is 16.0 Å². The summed E-state index contributed by atoms with van der Waals surface area (Å²) in [5.74, 6) is -0.797. The summed E-state index contributed by atoms with van der Waals surface area (Å²) in [4.78, 5) is 11.4. The highest BCUT2D eigenvalue weighted by atomic mass is 35.5. The summed E-state index contributed by atoms with van der Waals surface area (Å²) in [6.45, 7) is 2.49. The topological polar surface area (TPSA) is 55.2 Å². The first-order valence-electron chi connectivity index (χ1n) is 5.95. The van der Waals surface area contributed by atoms with Gasteiger partial charge in [0.2, 0.25) is 0 Å². The third-order valence-electron chi connectivity index (χ3n) is 2.89. The normalized spacial score (nSPS) is 10.6.